The van der Waals surface area contributed by atoms with E-state index in [0.29, 0.717) is 28.4 Å². The van der Waals surface area contributed by atoms with Gasteiger partial charge in [0.25, 0.3) is 0 Å². The van der Waals surface area contributed by atoms with Crippen LogP contribution in [0.2, 0.25) is 5.02 Å². The Kier molecular flexibility index (Phi) is 4.86. The lowest BCUT2D eigenvalue weighted by molar-refractivity contribution is 0.160. The van der Waals surface area contributed by atoms with E-state index in [0.717, 1.165) is 12.8 Å². The number of anilines is 1. The highest BCUT2D eigenvalue weighted by Crippen LogP contribution is 2.40. The monoisotopic (exact) mass is 404 g/mol. The second-order valence-electron chi connectivity index (χ2n) is 7.18. The first-order chi connectivity index (χ1) is 12.9. The van der Waals surface area contributed by atoms with Crippen molar-refractivity contribution in [2.75, 3.05) is 5.32 Å². The zero-order chi connectivity index (χ0) is 19.0. The van der Waals surface area contributed by atoms with Crippen LogP contribution in [0.1, 0.15) is 25.7 Å². The molecule has 2 aromatic rings. The number of rotatable bonds is 3. The highest BCUT2D eigenvalue weighted by atomic mass is 35.5. The fourth-order valence-corrected chi connectivity index (χ4v) is 6.33. The first-order valence-electron chi connectivity index (χ1n) is 9.09. The summed E-state index contributed by atoms with van der Waals surface area (Å²) in [6.45, 7) is 0. The Balaban J connectivity index is 1.50. The molecule has 2 heterocycles. The van der Waals surface area contributed by atoms with Crippen molar-refractivity contribution in [3.05, 3.63) is 59.6 Å². The third-order valence-corrected chi connectivity index (χ3v) is 7.94. The number of piperidine rings is 1. The van der Waals surface area contributed by atoms with Gasteiger partial charge < -0.3 is 10.2 Å². The molecule has 2 saturated heterocycles. The summed E-state index contributed by atoms with van der Waals surface area (Å²) in [6, 6.07) is 15.3. The molecule has 5 nitrogen and oxygen atoms in total. The predicted octanol–water partition coefficient (Wildman–Crippen LogP) is 4.34. The average Bonchev–Trinajstić information content (AvgIpc) is 2.92. The molecule has 0 spiro atoms. The van der Waals surface area contributed by atoms with Crippen LogP contribution in [0.25, 0.3) is 0 Å². The third-order valence-electron chi connectivity index (χ3n) is 5.51. The van der Waals surface area contributed by atoms with Crippen LogP contribution in [0.5, 0.6) is 0 Å². The molecule has 0 saturated carbocycles. The molecule has 4 rings (SSSR count). The molecule has 2 amide bonds. The van der Waals surface area contributed by atoms with E-state index in [4.69, 9.17) is 11.6 Å². The first-order valence-corrected chi connectivity index (χ1v) is 11.0. The van der Waals surface area contributed by atoms with Crippen molar-refractivity contribution in [3.63, 3.8) is 0 Å². The number of benzene rings is 2. The lowest BCUT2D eigenvalue weighted by Crippen LogP contribution is -2.51. The normalized spacial score (nSPS) is 24.6. The van der Waals surface area contributed by atoms with Crippen LogP contribution in [0.15, 0.2) is 59.5 Å². The van der Waals surface area contributed by atoms with Gasteiger partial charge in [-0.3, -0.25) is 0 Å². The smallest absolute Gasteiger partial charge is 0.318 e. The summed E-state index contributed by atoms with van der Waals surface area (Å²) >= 11 is 5.98. The van der Waals surface area contributed by atoms with E-state index in [1.54, 1.807) is 48.5 Å². The molecule has 2 unspecified atom stereocenters. The van der Waals surface area contributed by atoms with Crippen LogP contribution in [0, 0.1) is 0 Å². The van der Waals surface area contributed by atoms with Crippen molar-refractivity contribution in [2.24, 2.45) is 0 Å². The van der Waals surface area contributed by atoms with Crippen LogP contribution in [-0.2, 0) is 9.84 Å². The summed E-state index contributed by atoms with van der Waals surface area (Å²) in [5.41, 5.74) is 0.644. The maximum atomic E-state index is 13.0. The maximum Gasteiger partial charge on any atom is 0.322 e. The quantitative estimate of drug-likeness (QED) is 0.827. The number of carbonyl (C=O) groups excluding carboxylic acids is 1. The van der Waals surface area contributed by atoms with Crippen molar-refractivity contribution in [1.29, 1.82) is 0 Å². The number of halogens is 1. The number of hydrogen-bond acceptors (Lipinski definition) is 3. The minimum absolute atomic E-state index is 0.0496. The van der Waals surface area contributed by atoms with Crippen LogP contribution < -0.4 is 5.32 Å². The van der Waals surface area contributed by atoms with E-state index in [-0.39, 0.29) is 18.1 Å². The summed E-state index contributed by atoms with van der Waals surface area (Å²) < 4.78 is 26.0. The summed E-state index contributed by atoms with van der Waals surface area (Å²) in [5, 5.41) is 3.01. The van der Waals surface area contributed by atoms with Gasteiger partial charge >= 0.3 is 6.03 Å². The second kappa shape index (κ2) is 7.17. The molecule has 0 aliphatic carbocycles. The predicted molar refractivity (Wildman–Crippen MR) is 106 cm³/mol. The highest BCUT2D eigenvalue weighted by Gasteiger charge is 2.47. The molecule has 1 N–H and O–H groups in total. The summed E-state index contributed by atoms with van der Waals surface area (Å²) in [7, 11) is -3.38. The van der Waals surface area contributed by atoms with Crippen molar-refractivity contribution in [1.82, 2.24) is 4.90 Å². The number of nitrogens with one attached hydrogen (secondary N) is 1. The molecule has 0 radical (unpaired) electrons. The van der Waals surface area contributed by atoms with E-state index < -0.39 is 15.1 Å². The Hall–Kier alpha value is -2.05. The van der Waals surface area contributed by atoms with Gasteiger partial charge in [0, 0.05) is 22.8 Å². The van der Waals surface area contributed by atoms with Gasteiger partial charge in [0.2, 0.25) is 0 Å². The van der Waals surface area contributed by atoms with Gasteiger partial charge in [-0.25, -0.2) is 13.2 Å². The van der Waals surface area contributed by atoms with Gasteiger partial charge in [-0.15, -0.1) is 0 Å². The van der Waals surface area contributed by atoms with Crippen LogP contribution >= 0.6 is 11.6 Å². The minimum atomic E-state index is -3.38. The van der Waals surface area contributed by atoms with Crippen molar-refractivity contribution < 1.29 is 13.2 Å². The Morgan fingerprint density at radius 3 is 2.30 bits per heavy atom. The molecule has 2 bridgehead atoms. The van der Waals surface area contributed by atoms with Crippen LogP contribution in [0.4, 0.5) is 10.5 Å². The molecule has 2 aromatic carbocycles. The molecule has 2 aliphatic heterocycles. The Morgan fingerprint density at radius 2 is 1.67 bits per heavy atom. The van der Waals surface area contributed by atoms with E-state index in [9.17, 15) is 13.2 Å². The highest BCUT2D eigenvalue weighted by molar-refractivity contribution is 7.92. The SMILES string of the molecule is O=C(Nc1cccc(Cl)c1)N1C2CCC1CC(S(=O)(=O)c1ccccc1)C2. The standard InChI is InChI=1S/C20H21ClN2O3S/c21-14-5-4-6-15(11-14)22-20(24)23-16-9-10-17(23)13-19(12-16)27(25,26)18-7-2-1-3-8-18/h1-8,11,16-17,19H,9-10,12-13H2,(H,22,24). The number of fused-ring (bicyclic) bond motifs is 2. The summed E-state index contributed by atoms with van der Waals surface area (Å²) in [6.07, 6.45) is 2.65. The fraction of sp³-hybridized carbons (Fsp3) is 0.350. The van der Waals surface area contributed by atoms with Gasteiger partial charge in [0.05, 0.1) is 10.1 Å². The summed E-state index contributed by atoms with van der Waals surface area (Å²) in [4.78, 5) is 15.0. The molecular weight excluding hydrogens is 384 g/mol. The third kappa shape index (κ3) is 3.56. The summed E-state index contributed by atoms with van der Waals surface area (Å²) in [5.74, 6) is 0. The second-order valence-corrected chi connectivity index (χ2v) is 9.85. The number of carbonyl (C=O) groups is 1. The largest absolute Gasteiger partial charge is 0.322 e. The van der Waals surface area contributed by atoms with Crippen LogP contribution in [-0.4, -0.2) is 36.7 Å². The topological polar surface area (TPSA) is 66.5 Å². The lowest BCUT2D eigenvalue weighted by atomic mass is 10.0. The van der Waals surface area contributed by atoms with Gasteiger partial charge in [-0.2, -0.15) is 0 Å². The number of urea groups is 1. The Labute approximate surface area is 164 Å². The Morgan fingerprint density at radius 1 is 1.00 bits per heavy atom. The van der Waals surface area contributed by atoms with E-state index >= 15 is 0 Å². The molecule has 2 atom stereocenters. The number of sulfone groups is 1. The van der Waals surface area contributed by atoms with Gasteiger partial charge in [-0.1, -0.05) is 35.9 Å². The Bertz CT molecular complexity index is 935. The number of amides is 2. The number of nitrogens with zero attached hydrogens (tertiary/aromatic N) is 1. The molecule has 2 fully saturated rings. The zero-order valence-corrected chi connectivity index (χ0v) is 16.3. The molecule has 7 heteroatoms. The van der Waals surface area contributed by atoms with Crippen molar-refractivity contribution in [3.8, 4) is 0 Å². The van der Waals surface area contributed by atoms with Crippen molar-refractivity contribution >= 4 is 33.2 Å². The average molecular weight is 405 g/mol. The molecule has 0 aromatic heterocycles. The van der Waals surface area contributed by atoms with Crippen LogP contribution in [0.3, 0.4) is 0 Å². The van der Waals surface area contributed by atoms with Gasteiger partial charge in [0.1, 0.15) is 0 Å². The van der Waals surface area contributed by atoms with E-state index in [1.165, 1.54) is 0 Å². The van der Waals surface area contributed by atoms with Gasteiger partial charge in [0.15, 0.2) is 9.84 Å². The minimum Gasteiger partial charge on any atom is -0.318 e. The number of hydrogen-bond donors (Lipinski definition) is 1. The van der Waals surface area contributed by atoms with Crippen molar-refractivity contribution in [2.45, 2.75) is 47.9 Å². The molecule has 142 valence electrons. The molecule has 27 heavy (non-hydrogen) atoms. The first kappa shape index (κ1) is 18.3. The van der Waals surface area contributed by atoms with E-state index in [1.807, 2.05) is 11.0 Å². The lowest BCUT2D eigenvalue weighted by Gasteiger charge is -2.38. The zero-order valence-electron chi connectivity index (χ0n) is 14.7. The van der Waals surface area contributed by atoms with Gasteiger partial charge in [-0.05, 0) is 56.0 Å². The van der Waals surface area contributed by atoms with E-state index in [2.05, 4.69) is 5.32 Å². The molecule has 2 aliphatic rings. The maximum absolute atomic E-state index is 13.0. The molecular formula is C20H21ClN2O3S. The fourth-order valence-electron chi connectivity index (χ4n) is 4.27.